The van der Waals surface area contributed by atoms with Gasteiger partial charge in [0.05, 0.1) is 18.4 Å². The number of rotatable bonds is 6. The van der Waals surface area contributed by atoms with Crippen LogP contribution in [0.15, 0.2) is 59.5 Å². The topological polar surface area (TPSA) is 97.6 Å². The van der Waals surface area contributed by atoms with Crippen molar-refractivity contribution in [3.8, 4) is 17.2 Å². The highest BCUT2D eigenvalue weighted by atomic mass is 35.5. The van der Waals surface area contributed by atoms with Crippen LogP contribution in [0.2, 0.25) is 5.02 Å². The molecule has 2 aromatic carbocycles. The van der Waals surface area contributed by atoms with Gasteiger partial charge >= 0.3 is 6.18 Å². The van der Waals surface area contributed by atoms with Gasteiger partial charge < -0.3 is 24.9 Å². The molecule has 3 N–H and O–H groups in total. The summed E-state index contributed by atoms with van der Waals surface area (Å²) in [4.78, 5) is 10.4. The number of ether oxygens (including phenoxy) is 1. The molecule has 7 nitrogen and oxygen atoms in total. The monoisotopic (exact) mass is 572 g/mol. The van der Waals surface area contributed by atoms with Crippen LogP contribution in [0.25, 0.3) is 28.1 Å². The minimum absolute atomic E-state index is 0.0354. The summed E-state index contributed by atoms with van der Waals surface area (Å²) in [6.45, 7) is 7.00. The van der Waals surface area contributed by atoms with Crippen LogP contribution in [-0.4, -0.2) is 40.2 Å². The number of nitrogens with zero attached hydrogens (tertiary/aromatic N) is 3. The van der Waals surface area contributed by atoms with Gasteiger partial charge in [0.15, 0.2) is 5.76 Å². The summed E-state index contributed by atoms with van der Waals surface area (Å²) in [5.41, 5.74) is 6.50. The van der Waals surface area contributed by atoms with Gasteiger partial charge in [-0.1, -0.05) is 30.3 Å². The van der Waals surface area contributed by atoms with Gasteiger partial charge in [-0.3, -0.25) is 0 Å². The van der Waals surface area contributed by atoms with E-state index in [1.165, 1.54) is 19.2 Å². The molecule has 0 radical (unpaired) electrons. The third-order valence-electron chi connectivity index (χ3n) is 7.26. The Hall–Kier alpha value is -3.60. The first-order valence-electron chi connectivity index (χ1n) is 12.7. The van der Waals surface area contributed by atoms with Gasteiger partial charge in [-0.25, -0.2) is 9.97 Å². The molecule has 11 heteroatoms. The number of methoxy groups -OCH3 is 1. The van der Waals surface area contributed by atoms with Gasteiger partial charge in [0.2, 0.25) is 5.89 Å². The Labute approximate surface area is 234 Å². The van der Waals surface area contributed by atoms with Crippen LogP contribution in [0.5, 0.6) is 5.75 Å². The number of aromatic nitrogens is 2. The maximum Gasteiger partial charge on any atom is 0.433 e. The number of nitrogens with two attached hydrogens (primary N) is 1. The molecule has 0 amide bonds. The van der Waals surface area contributed by atoms with Crippen LogP contribution in [0.4, 0.5) is 13.2 Å². The highest BCUT2D eigenvalue weighted by molar-refractivity contribution is 6.30. The van der Waals surface area contributed by atoms with E-state index in [9.17, 15) is 18.3 Å². The largest absolute Gasteiger partial charge is 0.494 e. The fraction of sp³-hybridized carbons (Fsp3) is 0.310. The van der Waals surface area contributed by atoms with Gasteiger partial charge in [-0.15, -0.1) is 0 Å². The predicted octanol–water partition coefficient (Wildman–Crippen LogP) is 6.54. The number of benzene rings is 2. The molecule has 4 aromatic rings. The number of piperidine rings is 1. The Kier molecular flexibility index (Phi) is 7.28. The standard InChI is InChI=1S/C29H28ClF3N4O3/c1-16(34)24-26(17(2)37-14-12-28(38,13-15-37)18-4-6-19(30)7-5-18)40-27(36-24)21-8-10-22(39-3)25-20(21)9-11-23(35-25)29(31,32)33/h4-11,16,38H,2,12-15,34H2,1,3H3. The van der Waals surface area contributed by atoms with Crippen molar-refractivity contribution < 1.29 is 27.4 Å². The van der Waals surface area contributed by atoms with Crippen molar-refractivity contribution in [1.29, 1.82) is 0 Å². The highest BCUT2D eigenvalue weighted by Gasteiger charge is 2.36. The van der Waals surface area contributed by atoms with E-state index in [2.05, 4.69) is 16.5 Å². The van der Waals surface area contributed by atoms with Gasteiger partial charge in [-0.2, -0.15) is 13.2 Å². The number of halogens is 4. The number of aliphatic hydroxyl groups is 1. The fourth-order valence-corrected chi connectivity index (χ4v) is 5.13. The number of pyridine rings is 1. The second-order valence-corrected chi connectivity index (χ2v) is 10.3. The first-order valence-corrected chi connectivity index (χ1v) is 13.0. The molecule has 1 aliphatic rings. The molecule has 2 aromatic heterocycles. The van der Waals surface area contributed by atoms with Crippen LogP contribution < -0.4 is 10.5 Å². The molecule has 3 heterocycles. The van der Waals surface area contributed by atoms with Crippen LogP contribution in [0.3, 0.4) is 0 Å². The summed E-state index contributed by atoms with van der Waals surface area (Å²) < 4.78 is 51.6. The molecule has 1 atom stereocenters. The summed E-state index contributed by atoms with van der Waals surface area (Å²) in [6, 6.07) is 12.1. The molecule has 0 spiro atoms. The van der Waals surface area contributed by atoms with Gasteiger partial charge in [0.1, 0.15) is 22.7 Å². The lowest BCUT2D eigenvalue weighted by molar-refractivity contribution is -0.140. The molecular weight excluding hydrogens is 545 g/mol. The number of fused-ring (bicyclic) bond motifs is 1. The Morgan fingerprint density at radius 2 is 1.80 bits per heavy atom. The van der Waals surface area contributed by atoms with Crippen molar-refractivity contribution in [1.82, 2.24) is 14.9 Å². The van der Waals surface area contributed by atoms with Crippen molar-refractivity contribution in [3.63, 3.8) is 0 Å². The Bertz CT molecular complexity index is 1560. The summed E-state index contributed by atoms with van der Waals surface area (Å²) in [6.07, 6.45) is -3.70. The van der Waals surface area contributed by atoms with Crippen molar-refractivity contribution in [3.05, 3.63) is 82.8 Å². The lowest BCUT2D eigenvalue weighted by Gasteiger charge is -2.40. The zero-order valence-corrected chi connectivity index (χ0v) is 22.7. The number of oxazole rings is 1. The van der Waals surface area contributed by atoms with Crippen molar-refractivity contribution >= 4 is 28.2 Å². The molecule has 1 unspecified atom stereocenters. The number of alkyl halides is 3. The number of hydrogen-bond acceptors (Lipinski definition) is 7. The van der Waals surface area contributed by atoms with Crippen molar-refractivity contribution in [2.24, 2.45) is 5.73 Å². The highest BCUT2D eigenvalue weighted by Crippen LogP contribution is 2.40. The van der Waals surface area contributed by atoms with Gasteiger partial charge in [-0.05, 0) is 61.7 Å². The minimum atomic E-state index is -4.61. The summed E-state index contributed by atoms with van der Waals surface area (Å²) in [5, 5.41) is 12.3. The molecule has 40 heavy (non-hydrogen) atoms. The zero-order valence-electron chi connectivity index (χ0n) is 21.9. The van der Waals surface area contributed by atoms with E-state index in [4.69, 9.17) is 26.5 Å². The smallest absolute Gasteiger partial charge is 0.433 e. The molecule has 5 rings (SSSR count). The fourth-order valence-electron chi connectivity index (χ4n) is 5.00. The van der Waals surface area contributed by atoms with Gasteiger partial charge in [0.25, 0.3) is 0 Å². The second-order valence-electron chi connectivity index (χ2n) is 9.90. The first-order chi connectivity index (χ1) is 18.9. The molecule has 1 aliphatic heterocycles. The van der Waals surface area contributed by atoms with E-state index in [1.54, 1.807) is 25.1 Å². The van der Waals surface area contributed by atoms with E-state index in [0.717, 1.165) is 11.6 Å². The zero-order chi connectivity index (χ0) is 28.8. The Morgan fingerprint density at radius 1 is 1.12 bits per heavy atom. The van der Waals surface area contributed by atoms with Crippen LogP contribution in [0, 0.1) is 0 Å². The first kappa shape index (κ1) is 27.9. The van der Waals surface area contributed by atoms with E-state index in [-0.39, 0.29) is 17.2 Å². The predicted molar refractivity (Wildman–Crippen MR) is 147 cm³/mol. The average Bonchev–Trinajstić information content (AvgIpc) is 3.38. The molecule has 1 saturated heterocycles. The van der Waals surface area contributed by atoms with Crippen LogP contribution in [-0.2, 0) is 11.8 Å². The lowest BCUT2D eigenvalue weighted by Crippen LogP contribution is -2.41. The molecule has 0 saturated carbocycles. The maximum atomic E-state index is 13.4. The number of likely N-dealkylation sites (tertiary alicyclic amines) is 1. The second kappa shape index (κ2) is 10.4. The quantitative estimate of drug-likeness (QED) is 0.270. The summed E-state index contributed by atoms with van der Waals surface area (Å²) >= 11 is 6.00. The molecule has 0 bridgehead atoms. The normalized spacial score (nSPS) is 16.2. The summed E-state index contributed by atoms with van der Waals surface area (Å²) in [7, 11) is 1.37. The molecular formula is C29H28ClF3N4O3. The molecule has 1 fully saturated rings. The maximum absolute atomic E-state index is 13.4. The van der Waals surface area contributed by atoms with E-state index in [1.807, 2.05) is 17.0 Å². The summed E-state index contributed by atoms with van der Waals surface area (Å²) in [5.74, 6) is 0.744. The van der Waals surface area contributed by atoms with E-state index < -0.39 is 23.5 Å². The average molecular weight is 573 g/mol. The molecule has 210 valence electrons. The minimum Gasteiger partial charge on any atom is -0.494 e. The SMILES string of the molecule is C=C(c1oc(-c2ccc(OC)c3nc(C(F)(F)F)ccc23)nc1C(C)N)N1CCC(O)(c2ccc(Cl)cc2)CC1. The van der Waals surface area contributed by atoms with E-state index in [0.29, 0.717) is 59.1 Å². The van der Waals surface area contributed by atoms with Gasteiger partial charge in [0, 0.05) is 35.1 Å². The lowest BCUT2D eigenvalue weighted by atomic mass is 9.84. The van der Waals surface area contributed by atoms with E-state index >= 15 is 0 Å². The van der Waals surface area contributed by atoms with Crippen molar-refractivity contribution in [2.75, 3.05) is 20.2 Å². The van der Waals surface area contributed by atoms with Crippen LogP contribution in [0.1, 0.15) is 48.5 Å². The van der Waals surface area contributed by atoms with Crippen LogP contribution >= 0.6 is 11.6 Å². The molecule has 0 aliphatic carbocycles. The number of hydrogen-bond donors (Lipinski definition) is 2. The third-order valence-corrected chi connectivity index (χ3v) is 7.51. The Morgan fingerprint density at radius 3 is 2.40 bits per heavy atom. The Balaban J connectivity index is 1.47. The van der Waals surface area contributed by atoms with Crippen molar-refractivity contribution in [2.45, 2.75) is 37.6 Å². The third kappa shape index (κ3) is 5.14.